The monoisotopic (exact) mass is 375 g/mol. The van der Waals surface area contributed by atoms with E-state index in [0.717, 1.165) is 35.7 Å². The van der Waals surface area contributed by atoms with E-state index < -0.39 is 0 Å². The van der Waals surface area contributed by atoms with Crippen LogP contribution < -0.4 is 0 Å². The molecule has 2 aliphatic rings. The van der Waals surface area contributed by atoms with E-state index in [2.05, 4.69) is 10.1 Å². The fourth-order valence-electron chi connectivity index (χ4n) is 3.62. The zero-order chi connectivity index (χ0) is 18.1. The third-order valence-electron chi connectivity index (χ3n) is 5.21. The van der Waals surface area contributed by atoms with Crippen molar-refractivity contribution < 1.29 is 14.1 Å². The van der Waals surface area contributed by atoms with Gasteiger partial charge in [0.2, 0.25) is 5.91 Å². The molecule has 0 saturated carbocycles. The normalized spacial score (nSPS) is 19.2. The van der Waals surface area contributed by atoms with E-state index in [1.165, 1.54) is 0 Å². The van der Waals surface area contributed by atoms with Crippen molar-refractivity contribution in [3.63, 3.8) is 0 Å². The number of hydrogen-bond acceptors (Lipinski definition) is 5. The second kappa shape index (κ2) is 7.39. The summed E-state index contributed by atoms with van der Waals surface area (Å²) in [5, 5.41) is 4.93. The van der Waals surface area contributed by atoms with E-state index >= 15 is 0 Å². The van der Waals surface area contributed by atoms with Crippen molar-refractivity contribution in [2.75, 3.05) is 32.8 Å². The summed E-state index contributed by atoms with van der Waals surface area (Å²) in [6, 6.07) is 7.39. The molecule has 2 aliphatic heterocycles. The summed E-state index contributed by atoms with van der Waals surface area (Å²) in [4.78, 5) is 17.1. The number of morpholine rings is 1. The molecular formula is C19H22ClN3O3. The van der Waals surface area contributed by atoms with Crippen LogP contribution in [-0.2, 0) is 22.5 Å². The van der Waals surface area contributed by atoms with E-state index in [4.69, 9.17) is 20.9 Å². The van der Waals surface area contributed by atoms with Crippen molar-refractivity contribution >= 4 is 17.5 Å². The Hall–Kier alpha value is -1.89. The van der Waals surface area contributed by atoms with Crippen LogP contribution in [0, 0.1) is 0 Å². The number of carbonyl (C=O) groups is 1. The summed E-state index contributed by atoms with van der Waals surface area (Å²) < 4.78 is 10.9. The van der Waals surface area contributed by atoms with Gasteiger partial charge in [0.05, 0.1) is 25.8 Å². The van der Waals surface area contributed by atoms with Crippen molar-refractivity contribution in [1.29, 1.82) is 0 Å². The number of hydrogen-bond donors (Lipinski definition) is 0. The van der Waals surface area contributed by atoms with Gasteiger partial charge in [0.1, 0.15) is 11.5 Å². The largest absolute Gasteiger partial charge is 0.379 e. The number of rotatable bonds is 3. The van der Waals surface area contributed by atoms with Gasteiger partial charge in [-0.15, -0.1) is 0 Å². The summed E-state index contributed by atoms with van der Waals surface area (Å²) >= 11 is 5.98. The molecule has 3 heterocycles. The lowest BCUT2D eigenvalue weighted by Gasteiger charge is -2.35. The van der Waals surface area contributed by atoms with Gasteiger partial charge in [-0.3, -0.25) is 9.69 Å². The van der Waals surface area contributed by atoms with Crippen LogP contribution in [0.4, 0.5) is 0 Å². The molecule has 138 valence electrons. The van der Waals surface area contributed by atoms with Crippen LogP contribution in [0.5, 0.6) is 0 Å². The fraction of sp³-hybridized carbons (Fsp3) is 0.474. The first-order valence-electron chi connectivity index (χ1n) is 8.97. The second-order valence-electron chi connectivity index (χ2n) is 6.77. The lowest BCUT2D eigenvalue weighted by molar-refractivity contribution is -0.139. The molecule has 26 heavy (non-hydrogen) atoms. The predicted molar refractivity (Wildman–Crippen MR) is 97.9 cm³/mol. The molecule has 0 N–H and O–H groups in total. The molecule has 1 unspecified atom stereocenters. The van der Waals surface area contributed by atoms with Crippen LogP contribution in [0.25, 0.3) is 11.3 Å². The molecule has 0 aliphatic carbocycles. The van der Waals surface area contributed by atoms with Crippen molar-refractivity contribution in [3.05, 3.63) is 40.6 Å². The van der Waals surface area contributed by atoms with E-state index in [1.54, 1.807) is 0 Å². The number of amides is 1. The highest BCUT2D eigenvalue weighted by atomic mass is 35.5. The van der Waals surface area contributed by atoms with Crippen LogP contribution >= 0.6 is 11.6 Å². The highest BCUT2D eigenvalue weighted by molar-refractivity contribution is 6.30. The zero-order valence-corrected chi connectivity index (χ0v) is 15.5. The average Bonchev–Trinajstić information content (AvgIpc) is 3.11. The molecule has 0 spiro atoms. The van der Waals surface area contributed by atoms with Gasteiger partial charge in [-0.25, -0.2) is 0 Å². The smallest absolute Gasteiger partial charge is 0.239 e. The van der Waals surface area contributed by atoms with Gasteiger partial charge in [0.15, 0.2) is 0 Å². The molecule has 6 nitrogen and oxygen atoms in total. The molecule has 1 atom stereocenters. The van der Waals surface area contributed by atoms with E-state index in [9.17, 15) is 4.79 Å². The standard InChI is InChI=1S/C19H22ClN3O3/c1-13(22-8-10-25-11-9-22)19(24)23-7-6-17-16(12-23)18(21-26-17)14-2-4-15(20)5-3-14/h2-5,13H,6-12H2,1H3. The number of ether oxygens (including phenoxy) is 1. The lowest BCUT2D eigenvalue weighted by Crippen LogP contribution is -2.51. The van der Waals surface area contributed by atoms with Crippen molar-refractivity contribution in [2.45, 2.75) is 25.9 Å². The quantitative estimate of drug-likeness (QED) is 0.825. The highest BCUT2D eigenvalue weighted by Crippen LogP contribution is 2.31. The molecule has 0 radical (unpaired) electrons. The minimum Gasteiger partial charge on any atom is -0.379 e. The SMILES string of the molecule is CC(C(=O)N1CCc2onc(-c3ccc(Cl)cc3)c2C1)N1CCOCC1. The Bertz CT molecular complexity index is 784. The van der Waals surface area contributed by atoms with Crippen LogP contribution in [0.1, 0.15) is 18.2 Å². The maximum atomic E-state index is 13.0. The van der Waals surface area contributed by atoms with Crippen LogP contribution in [0.3, 0.4) is 0 Å². The third kappa shape index (κ3) is 3.37. The Labute approximate surface area is 157 Å². The molecule has 1 saturated heterocycles. The van der Waals surface area contributed by atoms with Gasteiger partial charge < -0.3 is 14.2 Å². The fourth-order valence-corrected chi connectivity index (χ4v) is 3.74. The van der Waals surface area contributed by atoms with E-state index in [1.807, 2.05) is 36.1 Å². The molecular weight excluding hydrogens is 354 g/mol. The van der Waals surface area contributed by atoms with E-state index in [-0.39, 0.29) is 11.9 Å². The topological polar surface area (TPSA) is 58.8 Å². The lowest BCUT2D eigenvalue weighted by atomic mass is 10.0. The summed E-state index contributed by atoms with van der Waals surface area (Å²) in [6.45, 7) is 6.16. The molecule has 1 aromatic heterocycles. The maximum Gasteiger partial charge on any atom is 0.239 e. The predicted octanol–water partition coefficient (Wildman–Crippen LogP) is 2.60. The van der Waals surface area contributed by atoms with Gasteiger partial charge in [0, 0.05) is 42.2 Å². The van der Waals surface area contributed by atoms with E-state index in [0.29, 0.717) is 37.7 Å². The first-order chi connectivity index (χ1) is 12.6. The van der Waals surface area contributed by atoms with Gasteiger partial charge in [-0.05, 0) is 19.1 Å². The van der Waals surface area contributed by atoms with Gasteiger partial charge in [-0.2, -0.15) is 0 Å². The van der Waals surface area contributed by atoms with Crippen molar-refractivity contribution in [1.82, 2.24) is 15.0 Å². The van der Waals surface area contributed by atoms with Crippen LogP contribution in [0.2, 0.25) is 5.02 Å². The van der Waals surface area contributed by atoms with Gasteiger partial charge in [0.25, 0.3) is 0 Å². The maximum absolute atomic E-state index is 13.0. The summed E-state index contributed by atoms with van der Waals surface area (Å²) in [5.41, 5.74) is 2.75. The van der Waals surface area contributed by atoms with Crippen molar-refractivity contribution in [2.24, 2.45) is 0 Å². The summed E-state index contributed by atoms with van der Waals surface area (Å²) in [7, 11) is 0. The van der Waals surface area contributed by atoms with Crippen LogP contribution in [0.15, 0.2) is 28.8 Å². The molecule has 1 amide bonds. The summed E-state index contributed by atoms with van der Waals surface area (Å²) in [6.07, 6.45) is 0.692. The second-order valence-corrected chi connectivity index (χ2v) is 7.21. The number of fused-ring (bicyclic) bond motifs is 1. The molecule has 7 heteroatoms. The summed E-state index contributed by atoms with van der Waals surface area (Å²) in [5.74, 6) is 1.03. The first kappa shape index (κ1) is 17.5. The third-order valence-corrected chi connectivity index (χ3v) is 5.46. The molecule has 2 aromatic rings. The zero-order valence-electron chi connectivity index (χ0n) is 14.8. The highest BCUT2D eigenvalue weighted by Gasteiger charge is 2.32. The first-order valence-corrected chi connectivity index (χ1v) is 9.35. The average molecular weight is 376 g/mol. The Morgan fingerprint density at radius 2 is 1.92 bits per heavy atom. The Kier molecular flexibility index (Phi) is 4.98. The van der Waals surface area contributed by atoms with Crippen molar-refractivity contribution in [3.8, 4) is 11.3 Å². The number of carbonyl (C=O) groups excluding carboxylic acids is 1. The number of aromatic nitrogens is 1. The Balaban J connectivity index is 1.52. The Morgan fingerprint density at radius 1 is 1.19 bits per heavy atom. The van der Waals surface area contributed by atoms with Gasteiger partial charge >= 0.3 is 0 Å². The minimum atomic E-state index is -0.140. The molecule has 1 aromatic carbocycles. The number of benzene rings is 1. The minimum absolute atomic E-state index is 0.140. The molecule has 4 rings (SSSR count). The number of nitrogens with zero attached hydrogens (tertiary/aromatic N) is 3. The number of halogens is 1. The molecule has 0 bridgehead atoms. The van der Waals surface area contributed by atoms with Gasteiger partial charge in [-0.1, -0.05) is 28.9 Å². The Morgan fingerprint density at radius 3 is 2.65 bits per heavy atom. The van der Waals surface area contributed by atoms with Crippen LogP contribution in [-0.4, -0.2) is 59.8 Å². The molecule has 1 fully saturated rings.